The third-order valence-electron chi connectivity index (χ3n) is 1.55. The second kappa shape index (κ2) is 4.22. The zero-order chi connectivity index (χ0) is 8.97. The largest absolute Gasteiger partial charge is 0.260 e. The molecule has 1 rings (SSSR count). The van der Waals surface area contributed by atoms with E-state index >= 15 is 0 Å². The van der Waals surface area contributed by atoms with Gasteiger partial charge in [-0.25, -0.2) is 0 Å². The first-order valence-corrected chi connectivity index (χ1v) is 4.52. The Morgan fingerprint density at radius 3 is 3.08 bits per heavy atom. The predicted octanol–water partition coefficient (Wildman–Crippen LogP) is 2.55. The maximum atomic E-state index is 8.59. The zero-order valence-electron chi connectivity index (χ0n) is 6.79. The Bertz CT molecular complexity index is 304. The highest BCUT2D eigenvalue weighted by molar-refractivity contribution is 9.10. The highest BCUT2D eigenvalue weighted by atomic mass is 79.9. The normalized spacial score (nSPS) is 12.1. The van der Waals surface area contributed by atoms with Crippen molar-refractivity contribution in [2.75, 3.05) is 0 Å². The first kappa shape index (κ1) is 9.21. The number of nitrogens with zero attached hydrogens (tertiary/aromatic N) is 2. The first-order chi connectivity index (χ1) is 5.74. The maximum Gasteiger partial charge on any atom is 0.0656 e. The van der Waals surface area contributed by atoms with Crippen LogP contribution >= 0.6 is 15.9 Å². The van der Waals surface area contributed by atoms with E-state index in [1.165, 1.54) is 0 Å². The van der Waals surface area contributed by atoms with Crippen molar-refractivity contribution in [2.24, 2.45) is 5.92 Å². The van der Waals surface area contributed by atoms with Crippen molar-refractivity contribution in [3.05, 3.63) is 28.5 Å². The van der Waals surface area contributed by atoms with Crippen molar-refractivity contribution in [3.8, 4) is 6.07 Å². The van der Waals surface area contributed by atoms with Crippen LogP contribution in [-0.4, -0.2) is 4.98 Å². The number of halogens is 1. The number of nitriles is 1. The molecule has 0 aliphatic rings. The van der Waals surface area contributed by atoms with Crippen molar-refractivity contribution in [1.82, 2.24) is 4.98 Å². The Balaban J connectivity index is 2.77. The summed E-state index contributed by atoms with van der Waals surface area (Å²) in [4.78, 5) is 4.17. The van der Waals surface area contributed by atoms with E-state index in [1.54, 1.807) is 6.20 Å². The van der Waals surface area contributed by atoms with Crippen molar-refractivity contribution >= 4 is 15.9 Å². The summed E-state index contributed by atoms with van der Waals surface area (Å²) in [5.41, 5.74) is 0.951. The highest BCUT2D eigenvalue weighted by Gasteiger charge is 2.05. The van der Waals surface area contributed by atoms with Gasteiger partial charge in [-0.15, -0.1) is 0 Å². The van der Waals surface area contributed by atoms with Gasteiger partial charge in [0, 0.05) is 23.0 Å². The molecule has 0 aromatic carbocycles. The Morgan fingerprint density at radius 1 is 1.75 bits per heavy atom. The van der Waals surface area contributed by atoms with Crippen molar-refractivity contribution < 1.29 is 0 Å². The number of hydrogen-bond acceptors (Lipinski definition) is 2. The highest BCUT2D eigenvalue weighted by Crippen LogP contribution is 2.16. The minimum atomic E-state index is 0.0243. The molecule has 1 heterocycles. The molecule has 0 bridgehead atoms. The Kier molecular flexibility index (Phi) is 3.24. The molecule has 62 valence electrons. The topological polar surface area (TPSA) is 36.7 Å². The van der Waals surface area contributed by atoms with Gasteiger partial charge in [-0.2, -0.15) is 5.26 Å². The third kappa shape index (κ3) is 2.31. The average molecular weight is 225 g/mol. The van der Waals surface area contributed by atoms with Gasteiger partial charge in [0.05, 0.1) is 11.8 Å². The lowest BCUT2D eigenvalue weighted by molar-refractivity contribution is 0.718. The summed E-state index contributed by atoms with van der Waals surface area (Å²) in [5.74, 6) is 0.0243. The van der Waals surface area contributed by atoms with Gasteiger partial charge in [-0.05, 0) is 35.0 Å². The summed E-state index contributed by atoms with van der Waals surface area (Å²) in [7, 11) is 0. The lowest BCUT2D eigenvalue weighted by Crippen LogP contribution is -1.99. The average Bonchev–Trinajstić information content (AvgIpc) is 2.09. The number of aromatic nitrogens is 1. The molecule has 0 fully saturated rings. The zero-order valence-corrected chi connectivity index (χ0v) is 8.37. The van der Waals surface area contributed by atoms with Gasteiger partial charge < -0.3 is 0 Å². The fourth-order valence-corrected chi connectivity index (χ4v) is 1.32. The first-order valence-electron chi connectivity index (χ1n) is 3.73. The predicted molar refractivity (Wildman–Crippen MR) is 50.4 cm³/mol. The fraction of sp³-hybridized carbons (Fsp3) is 0.333. The molecule has 1 atom stereocenters. The van der Waals surface area contributed by atoms with Crippen LogP contribution in [0, 0.1) is 17.2 Å². The van der Waals surface area contributed by atoms with E-state index in [-0.39, 0.29) is 5.92 Å². The Morgan fingerprint density at radius 2 is 2.50 bits per heavy atom. The van der Waals surface area contributed by atoms with Crippen LogP contribution in [0.1, 0.15) is 12.6 Å². The standard InChI is InChI=1S/C9H9BrN2/c1-7(6-11)5-9-8(10)3-2-4-12-9/h2-4,7H,5H2,1H3. The van der Waals surface area contributed by atoms with Crippen LogP contribution in [0.15, 0.2) is 22.8 Å². The Labute approximate surface area is 80.4 Å². The fourth-order valence-electron chi connectivity index (χ4n) is 0.904. The van der Waals surface area contributed by atoms with Gasteiger partial charge in [0.2, 0.25) is 0 Å². The van der Waals surface area contributed by atoms with Crippen molar-refractivity contribution in [2.45, 2.75) is 13.3 Å². The van der Waals surface area contributed by atoms with Crippen LogP contribution in [0.3, 0.4) is 0 Å². The van der Waals surface area contributed by atoms with Gasteiger partial charge in [-0.3, -0.25) is 4.98 Å². The van der Waals surface area contributed by atoms with Gasteiger partial charge in [0.15, 0.2) is 0 Å². The lowest BCUT2D eigenvalue weighted by Gasteiger charge is -2.02. The minimum Gasteiger partial charge on any atom is -0.260 e. The lowest BCUT2D eigenvalue weighted by atomic mass is 10.1. The van der Waals surface area contributed by atoms with E-state index in [2.05, 4.69) is 27.0 Å². The van der Waals surface area contributed by atoms with Crippen LogP contribution < -0.4 is 0 Å². The number of pyridine rings is 1. The molecule has 0 saturated heterocycles. The van der Waals surface area contributed by atoms with Crippen LogP contribution in [0.5, 0.6) is 0 Å². The molecule has 0 aliphatic heterocycles. The molecule has 12 heavy (non-hydrogen) atoms. The monoisotopic (exact) mass is 224 g/mol. The van der Waals surface area contributed by atoms with Gasteiger partial charge >= 0.3 is 0 Å². The molecular formula is C9H9BrN2. The SMILES string of the molecule is CC(C#N)Cc1ncccc1Br. The molecule has 0 saturated carbocycles. The number of hydrogen-bond donors (Lipinski definition) is 0. The molecule has 1 unspecified atom stereocenters. The molecule has 2 nitrogen and oxygen atoms in total. The molecule has 0 aliphatic carbocycles. The summed E-state index contributed by atoms with van der Waals surface area (Å²) >= 11 is 3.38. The summed E-state index contributed by atoms with van der Waals surface area (Å²) < 4.78 is 0.979. The van der Waals surface area contributed by atoms with E-state index in [0.29, 0.717) is 6.42 Å². The third-order valence-corrected chi connectivity index (χ3v) is 2.28. The summed E-state index contributed by atoms with van der Waals surface area (Å²) in [6.45, 7) is 1.89. The van der Waals surface area contributed by atoms with Crippen molar-refractivity contribution in [3.63, 3.8) is 0 Å². The quantitative estimate of drug-likeness (QED) is 0.775. The van der Waals surface area contributed by atoms with E-state index in [0.717, 1.165) is 10.2 Å². The van der Waals surface area contributed by atoms with Crippen molar-refractivity contribution in [1.29, 1.82) is 5.26 Å². The second-order valence-electron chi connectivity index (χ2n) is 2.67. The van der Waals surface area contributed by atoms with Gasteiger partial charge in [-0.1, -0.05) is 0 Å². The molecular weight excluding hydrogens is 216 g/mol. The van der Waals surface area contributed by atoms with Crippen LogP contribution in [0.4, 0.5) is 0 Å². The molecule has 1 aromatic rings. The van der Waals surface area contributed by atoms with E-state index in [1.807, 2.05) is 19.1 Å². The molecule has 0 spiro atoms. The summed E-state index contributed by atoms with van der Waals surface area (Å²) in [6.07, 6.45) is 2.45. The summed E-state index contributed by atoms with van der Waals surface area (Å²) in [5, 5.41) is 8.59. The minimum absolute atomic E-state index is 0.0243. The maximum absolute atomic E-state index is 8.59. The van der Waals surface area contributed by atoms with Crippen LogP contribution in [0.2, 0.25) is 0 Å². The molecule has 1 aromatic heterocycles. The van der Waals surface area contributed by atoms with E-state index in [4.69, 9.17) is 5.26 Å². The van der Waals surface area contributed by atoms with Crippen LogP contribution in [0.25, 0.3) is 0 Å². The Hall–Kier alpha value is -0.880. The molecule has 0 radical (unpaired) electrons. The van der Waals surface area contributed by atoms with Crippen LogP contribution in [-0.2, 0) is 6.42 Å². The summed E-state index contributed by atoms with van der Waals surface area (Å²) in [6, 6.07) is 5.98. The number of rotatable bonds is 2. The molecule has 0 amide bonds. The molecule has 3 heteroatoms. The van der Waals surface area contributed by atoms with E-state index < -0.39 is 0 Å². The van der Waals surface area contributed by atoms with E-state index in [9.17, 15) is 0 Å². The van der Waals surface area contributed by atoms with Gasteiger partial charge in [0.1, 0.15) is 0 Å². The molecule has 0 N–H and O–H groups in total. The van der Waals surface area contributed by atoms with Gasteiger partial charge in [0.25, 0.3) is 0 Å². The smallest absolute Gasteiger partial charge is 0.0656 e. The second-order valence-corrected chi connectivity index (χ2v) is 3.52.